The topological polar surface area (TPSA) is 45.0 Å². The summed E-state index contributed by atoms with van der Waals surface area (Å²) >= 11 is 0. The van der Waals surface area contributed by atoms with Gasteiger partial charge in [0.05, 0.1) is 11.4 Å². The molecule has 4 nitrogen and oxygen atoms in total. The third kappa shape index (κ3) is 5.51. The van der Waals surface area contributed by atoms with E-state index in [4.69, 9.17) is 0 Å². The molecule has 0 aromatic heterocycles. The molecule has 0 saturated heterocycles. The minimum atomic E-state index is -0.0756. The first kappa shape index (κ1) is 16.6. The normalized spacial score (nSPS) is 10.5. The number of hydrogen-bond donors (Lipinski definition) is 0. The van der Waals surface area contributed by atoms with Gasteiger partial charge < -0.3 is 0 Å². The van der Waals surface area contributed by atoms with Gasteiger partial charge in [0.15, 0.2) is 0 Å². The summed E-state index contributed by atoms with van der Waals surface area (Å²) in [6, 6.07) is 18.7. The first-order valence-corrected chi connectivity index (χ1v) is 7.65. The van der Waals surface area contributed by atoms with Crippen LogP contribution in [-0.4, -0.2) is 5.91 Å². The van der Waals surface area contributed by atoms with Gasteiger partial charge in [-0.15, -0.1) is 5.11 Å². The molecule has 0 aliphatic carbocycles. The third-order valence-corrected chi connectivity index (χ3v) is 3.15. The fourth-order valence-electron chi connectivity index (χ4n) is 2.00. The second-order valence-electron chi connectivity index (χ2n) is 5.39. The number of nitrogens with zero attached hydrogens (tertiary/aromatic N) is 3. The molecular weight excluding hydrogens is 286 g/mol. The van der Waals surface area contributed by atoms with Gasteiger partial charge in [-0.05, 0) is 44.5 Å². The quantitative estimate of drug-likeness (QED) is 0.397. The van der Waals surface area contributed by atoms with Crippen molar-refractivity contribution in [3.8, 4) is 0 Å². The highest BCUT2D eigenvalue weighted by Crippen LogP contribution is 2.19. The van der Waals surface area contributed by atoms with Gasteiger partial charge in [-0.3, -0.25) is 4.79 Å². The molecule has 0 unspecified atom stereocenters. The van der Waals surface area contributed by atoms with E-state index < -0.39 is 0 Å². The minimum Gasteiger partial charge on any atom is -0.272 e. The summed E-state index contributed by atoms with van der Waals surface area (Å²) in [6.07, 6.45) is 3.15. The van der Waals surface area contributed by atoms with Gasteiger partial charge in [-0.25, -0.2) is 0 Å². The molecule has 2 rings (SSSR count). The van der Waals surface area contributed by atoms with Gasteiger partial charge in [-0.2, -0.15) is 5.01 Å². The number of carbonyl (C=O) groups is 1. The summed E-state index contributed by atoms with van der Waals surface area (Å²) in [4.78, 5) is 12.5. The van der Waals surface area contributed by atoms with Crippen LogP contribution in [0.3, 0.4) is 0 Å². The van der Waals surface area contributed by atoms with E-state index in [0.29, 0.717) is 18.5 Å². The number of benzene rings is 2. The van der Waals surface area contributed by atoms with Gasteiger partial charge in [0.1, 0.15) is 0 Å². The van der Waals surface area contributed by atoms with Gasteiger partial charge in [-0.1, -0.05) is 53.3 Å². The SMILES string of the molecule is CC(C)=CCCC(=O)N(N=Nc1ccccc1)c1ccccc1. The Balaban J connectivity index is 2.17. The van der Waals surface area contributed by atoms with Crippen molar-refractivity contribution in [2.24, 2.45) is 10.3 Å². The Bertz CT molecular complexity index is 674. The smallest absolute Gasteiger partial charge is 0.249 e. The average molecular weight is 307 g/mol. The Labute approximate surface area is 137 Å². The van der Waals surface area contributed by atoms with Gasteiger partial charge in [0.2, 0.25) is 5.91 Å². The molecule has 0 spiro atoms. The van der Waals surface area contributed by atoms with Crippen molar-refractivity contribution in [3.05, 3.63) is 72.3 Å². The van der Waals surface area contributed by atoms with E-state index in [1.165, 1.54) is 10.6 Å². The molecule has 2 aromatic rings. The Morgan fingerprint density at radius 1 is 1.00 bits per heavy atom. The van der Waals surface area contributed by atoms with Crippen LogP contribution in [0.5, 0.6) is 0 Å². The van der Waals surface area contributed by atoms with Crippen LogP contribution in [0.25, 0.3) is 0 Å². The lowest BCUT2D eigenvalue weighted by Gasteiger charge is -2.15. The van der Waals surface area contributed by atoms with Gasteiger partial charge >= 0.3 is 0 Å². The molecule has 2 aromatic carbocycles. The highest BCUT2D eigenvalue weighted by atomic mass is 16.2. The first-order valence-electron chi connectivity index (χ1n) is 7.65. The standard InChI is InChI=1S/C19H21N3O/c1-16(2)10-9-15-19(23)22(18-13-7-4-8-14-18)21-20-17-11-5-3-6-12-17/h3-8,10-14H,9,15H2,1-2H3. The van der Waals surface area contributed by atoms with Gasteiger partial charge in [0, 0.05) is 6.42 Å². The first-order chi connectivity index (χ1) is 11.2. The molecule has 0 bridgehead atoms. The highest BCUT2D eigenvalue weighted by Gasteiger charge is 2.14. The van der Waals surface area contributed by atoms with Crippen molar-refractivity contribution >= 4 is 17.3 Å². The van der Waals surface area contributed by atoms with Crippen molar-refractivity contribution in [1.29, 1.82) is 0 Å². The molecule has 0 heterocycles. The monoisotopic (exact) mass is 307 g/mol. The lowest BCUT2D eigenvalue weighted by atomic mass is 10.2. The van der Waals surface area contributed by atoms with Crippen molar-refractivity contribution in [3.63, 3.8) is 0 Å². The molecule has 0 aliphatic heterocycles. The minimum absolute atomic E-state index is 0.0756. The second-order valence-corrected chi connectivity index (χ2v) is 5.39. The van der Waals surface area contributed by atoms with E-state index in [1.807, 2.05) is 74.5 Å². The fourth-order valence-corrected chi connectivity index (χ4v) is 2.00. The molecular formula is C19H21N3O. The van der Waals surface area contributed by atoms with Crippen LogP contribution in [0.2, 0.25) is 0 Å². The summed E-state index contributed by atoms with van der Waals surface area (Å²) in [6.45, 7) is 4.04. The van der Waals surface area contributed by atoms with Crippen LogP contribution in [0.4, 0.5) is 11.4 Å². The molecule has 118 valence electrons. The Hall–Kier alpha value is -2.75. The average Bonchev–Trinajstić information content (AvgIpc) is 2.56. The molecule has 0 saturated carbocycles. The third-order valence-electron chi connectivity index (χ3n) is 3.15. The van der Waals surface area contributed by atoms with E-state index in [9.17, 15) is 4.79 Å². The van der Waals surface area contributed by atoms with Crippen molar-refractivity contribution in [1.82, 2.24) is 0 Å². The van der Waals surface area contributed by atoms with Crippen LogP contribution in [0, 0.1) is 0 Å². The van der Waals surface area contributed by atoms with Crippen LogP contribution in [-0.2, 0) is 4.79 Å². The van der Waals surface area contributed by atoms with Crippen LogP contribution >= 0.6 is 0 Å². The number of rotatable bonds is 6. The zero-order valence-electron chi connectivity index (χ0n) is 13.5. The zero-order chi connectivity index (χ0) is 16.5. The van der Waals surface area contributed by atoms with Gasteiger partial charge in [0.25, 0.3) is 0 Å². The largest absolute Gasteiger partial charge is 0.272 e. The summed E-state index contributed by atoms with van der Waals surface area (Å²) in [5.41, 5.74) is 2.63. The van der Waals surface area contributed by atoms with E-state index in [0.717, 1.165) is 5.69 Å². The fraction of sp³-hybridized carbons (Fsp3) is 0.211. The van der Waals surface area contributed by atoms with Crippen LogP contribution in [0.1, 0.15) is 26.7 Å². The number of amides is 1. The molecule has 0 N–H and O–H groups in total. The molecule has 23 heavy (non-hydrogen) atoms. The van der Waals surface area contributed by atoms with E-state index in [2.05, 4.69) is 16.4 Å². The number of carbonyl (C=O) groups excluding carboxylic acids is 1. The molecule has 0 radical (unpaired) electrons. The maximum absolute atomic E-state index is 12.5. The summed E-state index contributed by atoms with van der Waals surface area (Å²) in [5, 5.41) is 9.68. The number of allylic oxidation sites excluding steroid dienone is 2. The highest BCUT2D eigenvalue weighted by molar-refractivity contribution is 5.92. The predicted molar refractivity (Wildman–Crippen MR) is 93.6 cm³/mol. The summed E-state index contributed by atoms with van der Waals surface area (Å²) in [7, 11) is 0. The van der Waals surface area contributed by atoms with E-state index in [-0.39, 0.29) is 5.91 Å². The lowest BCUT2D eigenvalue weighted by molar-refractivity contribution is -0.118. The maximum atomic E-state index is 12.5. The van der Waals surface area contributed by atoms with Crippen LogP contribution in [0.15, 0.2) is 82.7 Å². The molecule has 1 amide bonds. The van der Waals surface area contributed by atoms with Crippen LogP contribution < -0.4 is 5.01 Å². The zero-order valence-corrected chi connectivity index (χ0v) is 13.5. The molecule has 0 aliphatic rings. The maximum Gasteiger partial charge on any atom is 0.249 e. The van der Waals surface area contributed by atoms with Crippen molar-refractivity contribution in [2.45, 2.75) is 26.7 Å². The van der Waals surface area contributed by atoms with Crippen molar-refractivity contribution < 1.29 is 4.79 Å². The molecule has 4 heteroatoms. The predicted octanol–water partition coefficient (Wildman–Crippen LogP) is 5.46. The summed E-state index contributed by atoms with van der Waals surface area (Å²) in [5.74, 6) is -0.0756. The summed E-state index contributed by atoms with van der Waals surface area (Å²) < 4.78 is 0. The van der Waals surface area contributed by atoms with E-state index in [1.54, 1.807) is 0 Å². The Morgan fingerprint density at radius 3 is 2.22 bits per heavy atom. The van der Waals surface area contributed by atoms with E-state index >= 15 is 0 Å². The number of para-hydroxylation sites is 1. The van der Waals surface area contributed by atoms with Crippen molar-refractivity contribution in [2.75, 3.05) is 5.01 Å². The number of hydrogen-bond acceptors (Lipinski definition) is 3. The Morgan fingerprint density at radius 2 is 1.61 bits per heavy atom. The second kappa shape index (κ2) is 8.63. The lowest BCUT2D eigenvalue weighted by Crippen LogP contribution is -2.24. The molecule has 0 fully saturated rings. The number of anilines is 1. The molecule has 0 atom stereocenters. The Kier molecular flexibility index (Phi) is 6.24.